The van der Waals surface area contributed by atoms with Gasteiger partial charge in [-0.15, -0.1) is 11.3 Å². The Labute approximate surface area is 140 Å². The highest BCUT2D eigenvalue weighted by Crippen LogP contribution is 2.30. The zero-order valence-corrected chi connectivity index (χ0v) is 14.1. The lowest BCUT2D eigenvalue weighted by Gasteiger charge is -2.29. The van der Waals surface area contributed by atoms with Crippen molar-refractivity contribution in [1.29, 1.82) is 0 Å². The summed E-state index contributed by atoms with van der Waals surface area (Å²) in [6.45, 7) is 2.16. The van der Waals surface area contributed by atoms with Crippen LogP contribution >= 0.6 is 11.3 Å². The molecule has 0 atom stereocenters. The Bertz CT molecular complexity index is 672. The Morgan fingerprint density at radius 2 is 1.96 bits per heavy atom. The van der Waals surface area contributed by atoms with Gasteiger partial charge in [-0.25, -0.2) is 9.78 Å². The Hall–Kier alpha value is -1.72. The first-order valence-corrected chi connectivity index (χ1v) is 8.86. The molecular formula is C18H21NO3S. The topological polar surface area (TPSA) is 59.4 Å². The summed E-state index contributed by atoms with van der Waals surface area (Å²) in [7, 11) is 0. The molecule has 0 spiro atoms. The molecule has 1 aromatic carbocycles. The standard InChI is InChI=1S/C18H21NO3S/c1-13-5-7-14(8-6-13)16-19-15(12-23-16)11-22-17(20)18(21)9-3-2-4-10-18/h5-8,12,21H,2-4,9-11H2,1H3. The van der Waals surface area contributed by atoms with Crippen molar-refractivity contribution in [2.75, 3.05) is 0 Å². The van der Waals surface area contributed by atoms with E-state index in [1.807, 2.05) is 24.4 Å². The molecule has 122 valence electrons. The van der Waals surface area contributed by atoms with Gasteiger partial charge in [-0.2, -0.15) is 0 Å². The molecule has 1 aromatic heterocycles. The highest BCUT2D eigenvalue weighted by Gasteiger charge is 2.38. The molecule has 0 unspecified atom stereocenters. The summed E-state index contributed by atoms with van der Waals surface area (Å²) in [5.41, 5.74) is 1.69. The third-order valence-corrected chi connectivity index (χ3v) is 5.20. The molecule has 0 bridgehead atoms. The van der Waals surface area contributed by atoms with Crippen molar-refractivity contribution >= 4 is 17.3 Å². The molecule has 2 aromatic rings. The highest BCUT2D eigenvalue weighted by atomic mass is 32.1. The minimum Gasteiger partial charge on any atom is -0.457 e. The highest BCUT2D eigenvalue weighted by molar-refractivity contribution is 7.13. The predicted octanol–water partition coefficient (Wildman–Crippen LogP) is 3.86. The van der Waals surface area contributed by atoms with E-state index in [9.17, 15) is 9.90 Å². The largest absolute Gasteiger partial charge is 0.457 e. The fourth-order valence-corrected chi connectivity index (χ4v) is 3.63. The van der Waals surface area contributed by atoms with Crippen LogP contribution in [0.25, 0.3) is 10.6 Å². The lowest BCUT2D eigenvalue weighted by Crippen LogP contribution is -2.41. The Balaban J connectivity index is 1.61. The summed E-state index contributed by atoms with van der Waals surface area (Å²) < 4.78 is 5.29. The molecule has 4 nitrogen and oxygen atoms in total. The summed E-state index contributed by atoms with van der Waals surface area (Å²) in [6, 6.07) is 8.17. The third-order valence-electron chi connectivity index (χ3n) is 4.26. The molecular weight excluding hydrogens is 310 g/mol. The van der Waals surface area contributed by atoms with Crippen LogP contribution in [0.5, 0.6) is 0 Å². The average Bonchev–Trinajstić information content (AvgIpc) is 3.03. The number of rotatable bonds is 4. The van der Waals surface area contributed by atoms with E-state index in [0.29, 0.717) is 12.8 Å². The smallest absolute Gasteiger partial charge is 0.338 e. The Morgan fingerprint density at radius 3 is 2.65 bits per heavy atom. The second kappa shape index (κ2) is 6.81. The minimum absolute atomic E-state index is 0.115. The molecule has 3 rings (SSSR count). The van der Waals surface area contributed by atoms with E-state index < -0.39 is 11.6 Å². The van der Waals surface area contributed by atoms with Crippen LogP contribution < -0.4 is 0 Å². The first kappa shape index (κ1) is 16.1. The number of nitrogens with zero attached hydrogens (tertiary/aromatic N) is 1. The monoisotopic (exact) mass is 331 g/mol. The quantitative estimate of drug-likeness (QED) is 0.864. The number of esters is 1. The van der Waals surface area contributed by atoms with Gasteiger partial charge in [0.25, 0.3) is 0 Å². The fraction of sp³-hybridized carbons (Fsp3) is 0.444. The van der Waals surface area contributed by atoms with Crippen molar-refractivity contribution in [3.63, 3.8) is 0 Å². The molecule has 1 fully saturated rings. The van der Waals surface area contributed by atoms with Gasteiger partial charge in [-0.1, -0.05) is 36.2 Å². The first-order chi connectivity index (χ1) is 11.1. The van der Waals surface area contributed by atoms with Crippen LogP contribution in [0.15, 0.2) is 29.6 Å². The van der Waals surface area contributed by atoms with Crippen LogP contribution in [0.4, 0.5) is 0 Å². The molecule has 0 aliphatic heterocycles. The van der Waals surface area contributed by atoms with E-state index in [2.05, 4.69) is 17.1 Å². The van der Waals surface area contributed by atoms with Gasteiger partial charge in [0.2, 0.25) is 0 Å². The number of hydrogen-bond donors (Lipinski definition) is 1. The number of carbonyl (C=O) groups is 1. The van der Waals surface area contributed by atoms with Crippen molar-refractivity contribution in [3.8, 4) is 10.6 Å². The number of hydrogen-bond acceptors (Lipinski definition) is 5. The van der Waals surface area contributed by atoms with Crippen LogP contribution in [-0.4, -0.2) is 21.7 Å². The van der Waals surface area contributed by atoms with Crippen LogP contribution in [0.2, 0.25) is 0 Å². The number of carbonyl (C=O) groups excluding carboxylic acids is 1. The summed E-state index contributed by atoms with van der Waals surface area (Å²) in [4.78, 5) is 16.6. The molecule has 1 aliphatic carbocycles. The predicted molar refractivity (Wildman–Crippen MR) is 90.1 cm³/mol. The molecule has 0 amide bonds. The molecule has 0 saturated heterocycles. The SMILES string of the molecule is Cc1ccc(-c2nc(COC(=O)C3(O)CCCCC3)cs2)cc1. The zero-order chi connectivity index (χ0) is 16.3. The van der Waals surface area contributed by atoms with Crippen LogP contribution in [0.1, 0.15) is 43.4 Å². The maximum Gasteiger partial charge on any atom is 0.338 e. The molecule has 1 saturated carbocycles. The van der Waals surface area contributed by atoms with Crippen molar-refractivity contribution in [2.45, 2.75) is 51.2 Å². The van der Waals surface area contributed by atoms with Gasteiger partial charge in [0.15, 0.2) is 5.60 Å². The van der Waals surface area contributed by atoms with Gasteiger partial charge in [-0.3, -0.25) is 0 Å². The summed E-state index contributed by atoms with van der Waals surface area (Å²) >= 11 is 1.53. The molecule has 23 heavy (non-hydrogen) atoms. The number of thiazole rings is 1. The van der Waals surface area contributed by atoms with Gasteiger partial charge in [0, 0.05) is 10.9 Å². The maximum absolute atomic E-state index is 12.1. The lowest BCUT2D eigenvalue weighted by atomic mass is 9.85. The summed E-state index contributed by atoms with van der Waals surface area (Å²) in [5.74, 6) is -0.512. The van der Waals surface area contributed by atoms with E-state index in [1.165, 1.54) is 16.9 Å². The van der Waals surface area contributed by atoms with Crippen LogP contribution in [-0.2, 0) is 16.1 Å². The number of aliphatic hydroxyl groups is 1. The van der Waals surface area contributed by atoms with Crippen LogP contribution in [0.3, 0.4) is 0 Å². The maximum atomic E-state index is 12.1. The Kier molecular flexibility index (Phi) is 4.78. The van der Waals surface area contributed by atoms with Gasteiger partial charge in [0.1, 0.15) is 11.6 Å². The van der Waals surface area contributed by atoms with E-state index in [-0.39, 0.29) is 6.61 Å². The molecule has 1 aliphatic rings. The van der Waals surface area contributed by atoms with Crippen LogP contribution in [0, 0.1) is 6.92 Å². The number of aryl methyl sites for hydroxylation is 1. The van der Waals surface area contributed by atoms with E-state index >= 15 is 0 Å². The Morgan fingerprint density at radius 1 is 1.26 bits per heavy atom. The van der Waals surface area contributed by atoms with E-state index in [4.69, 9.17) is 4.74 Å². The van der Waals surface area contributed by atoms with Crippen molar-refractivity contribution in [1.82, 2.24) is 4.98 Å². The fourth-order valence-electron chi connectivity index (χ4n) is 2.82. The molecule has 5 heteroatoms. The van der Waals surface area contributed by atoms with Gasteiger partial charge < -0.3 is 9.84 Å². The second-order valence-electron chi connectivity index (χ2n) is 6.18. The summed E-state index contributed by atoms with van der Waals surface area (Å²) in [5, 5.41) is 13.1. The van der Waals surface area contributed by atoms with E-state index in [0.717, 1.165) is 35.5 Å². The normalized spacial score (nSPS) is 17.0. The molecule has 1 N–H and O–H groups in total. The number of aromatic nitrogens is 1. The average molecular weight is 331 g/mol. The van der Waals surface area contributed by atoms with Crippen molar-refractivity contribution in [2.24, 2.45) is 0 Å². The molecule has 1 heterocycles. The van der Waals surface area contributed by atoms with Crippen molar-refractivity contribution < 1.29 is 14.6 Å². The lowest BCUT2D eigenvalue weighted by molar-refractivity contribution is -0.170. The first-order valence-electron chi connectivity index (χ1n) is 7.98. The summed E-state index contributed by atoms with van der Waals surface area (Å²) in [6.07, 6.45) is 3.82. The van der Waals surface area contributed by atoms with Gasteiger partial charge in [0.05, 0.1) is 5.69 Å². The van der Waals surface area contributed by atoms with Crippen molar-refractivity contribution in [3.05, 3.63) is 40.9 Å². The third kappa shape index (κ3) is 3.79. The number of benzene rings is 1. The van der Waals surface area contributed by atoms with E-state index in [1.54, 1.807) is 0 Å². The minimum atomic E-state index is -1.30. The zero-order valence-electron chi connectivity index (χ0n) is 13.2. The number of ether oxygens (including phenoxy) is 1. The second-order valence-corrected chi connectivity index (χ2v) is 7.04. The van der Waals surface area contributed by atoms with Gasteiger partial charge in [-0.05, 0) is 32.6 Å². The molecule has 0 radical (unpaired) electrons. The van der Waals surface area contributed by atoms with Gasteiger partial charge >= 0.3 is 5.97 Å².